The highest BCUT2D eigenvalue weighted by Gasteiger charge is 2.36. The Morgan fingerprint density at radius 3 is 2.30 bits per heavy atom. The average Bonchev–Trinajstić information content (AvgIpc) is 3.34. The lowest BCUT2D eigenvalue weighted by Crippen LogP contribution is -2.42. The molecule has 1 fully saturated rings. The summed E-state index contributed by atoms with van der Waals surface area (Å²) in [6.07, 6.45) is 0.0841. The predicted octanol–water partition coefficient (Wildman–Crippen LogP) is 2.27. The van der Waals surface area contributed by atoms with E-state index in [0.717, 1.165) is 0 Å². The van der Waals surface area contributed by atoms with Crippen molar-refractivity contribution < 1.29 is 32.5 Å². The number of aliphatic hydroxyl groups excluding tert-OH is 1. The second-order valence-electron chi connectivity index (χ2n) is 8.55. The van der Waals surface area contributed by atoms with Gasteiger partial charge in [-0.25, -0.2) is 13.4 Å². The van der Waals surface area contributed by atoms with Gasteiger partial charge in [0.2, 0.25) is 21.9 Å². The number of hydrogen-bond donors (Lipinski definition) is 2. The van der Waals surface area contributed by atoms with Crippen LogP contribution in [-0.2, 0) is 14.8 Å². The van der Waals surface area contributed by atoms with Crippen molar-refractivity contribution in [2.45, 2.75) is 31.1 Å². The molecule has 3 heterocycles. The summed E-state index contributed by atoms with van der Waals surface area (Å²) in [6, 6.07) is 10.3. The molecule has 2 atom stereocenters. The van der Waals surface area contributed by atoms with Gasteiger partial charge in [-0.1, -0.05) is 12.1 Å². The van der Waals surface area contributed by atoms with Gasteiger partial charge in [-0.2, -0.15) is 0 Å². The topological polar surface area (TPSA) is 147 Å². The number of para-hydroxylation sites is 1. The fourth-order valence-electron chi connectivity index (χ4n) is 4.28. The third-order valence-electron chi connectivity index (χ3n) is 6.40. The molecule has 1 aromatic carbocycles. The van der Waals surface area contributed by atoms with E-state index in [1.165, 1.54) is 32.8 Å². The SMILES string of the molecule is COc1cccc(-c2nnc(NS(=O)(=O)[C@@H](C)[C@@H](O)C3CCOCC3)n2-c2c(OC)cccc2OC)n1. The largest absolute Gasteiger partial charge is 0.494 e. The Hall–Kier alpha value is -3.42. The van der Waals surface area contributed by atoms with Crippen molar-refractivity contribution in [1.29, 1.82) is 0 Å². The molecule has 1 aliphatic heterocycles. The fourth-order valence-corrected chi connectivity index (χ4v) is 5.44. The molecular weight excluding hydrogens is 502 g/mol. The standard InChI is InChI=1S/C24H31N5O7S/c1-15(22(30)16-11-13-36-14-12-16)37(31,32)28-24-27-26-23(17-7-5-10-20(25-17)35-4)29(24)21-18(33-2)8-6-9-19(21)34-3/h5-10,15-16,22,30H,11-14H2,1-4H3,(H,27,28)/t15-,22+/m0/s1. The minimum atomic E-state index is -4.10. The molecule has 0 saturated carbocycles. The first-order chi connectivity index (χ1) is 17.8. The normalized spacial score (nSPS) is 16.1. The first-order valence-corrected chi connectivity index (χ1v) is 13.3. The third kappa shape index (κ3) is 5.48. The van der Waals surface area contributed by atoms with Crippen molar-refractivity contribution in [3.63, 3.8) is 0 Å². The Labute approximate surface area is 215 Å². The number of ether oxygens (including phenoxy) is 4. The highest BCUT2D eigenvalue weighted by molar-refractivity contribution is 7.93. The number of sulfonamides is 1. The van der Waals surface area contributed by atoms with Crippen molar-refractivity contribution in [2.24, 2.45) is 5.92 Å². The first kappa shape index (κ1) is 26.6. The number of aliphatic hydroxyl groups is 1. The first-order valence-electron chi connectivity index (χ1n) is 11.8. The molecule has 0 radical (unpaired) electrons. The minimum Gasteiger partial charge on any atom is -0.494 e. The maximum atomic E-state index is 13.4. The highest BCUT2D eigenvalue weighted by atomic mass is 32.2. The lowest BCUT2D eigenvalue weighted by molar-refractivity contribution is 0.00820. The van der Waals surface area contributed by atoms with Gasteiger partial charge in [0.15, 0.2) is 5.82 Å². The Bertz CT molecular complexity index is 1300. The average molecular weight is 534 g/mol. The summed E-state index contributed by atoms with van der Waals surface area (Å²) in [4.78, 5) is 4.44. The molecule has 37 heavy (non-hydrogen) atoms. The van der Waals surface area contributed by atoms with Crippen LogP contribution in [0.4, 0.5) is 5.95 Å². The number of nitrogens with one attached hydrogen (secondary N) is 1. The maximum absolute atomic E-state index is 13.4. The Morgan fingerprint density at radius 1 is 1.03 bits per heavy atom. The van der Waals surface area contributed by atoms with E-state index in [1.807, 2.05) is 0 Å². The summed E-state index contributed by atoms with van der Waals surface area (Å²) in [5, 5.41) is 18.1. The summed E-state index contributed by atoms with van der Waals surface area (Å²) in [5.41, 5.74) is 0.744. The van der Waals surface area contributed by atoms with Crippen LogP contribution in [0.3, 0.4) is 0 Å². The van der Waals surface area contributed by atoms with Gasteiger partial charge in [0.1, 0.15) is 28.1 Å². The number of aromatic nitrogens is 4. The lowest BCUT2D eigenvalue weighted by atomic mass is 9.92. The molecule has 0 amide bonds. The van der Waals surface area contributed by atoms with E-state index >= 15 is 0 Å². The smallest absolute Gasteiger partial charge is 0.243 e. The quantitative estimate of drug-likeness (QED) is 0.398. The van der Waals surface area contributed by atoms with Crippen LogP contribution in [-0.4, -0.2) is 79.2 Å². The zero-order valence-electron chi connectivity index (χ0n) is 21.1. The number of pyridine rings is 1. The van der Waals surface area contributed by atoms with Crippen molar-refractivity contribution in [3.8, 4) is 34.6 Å². The zero-order chi connectivity index (χ0) is 26.6. The molecule has 0 aliphatic carbocycles. The molecule has 3 aromatic rings. The third-order valence-corrected chi connectivity index (χ3v) is 8.13. The van der Waals surface area contributed by atoms with Crippen LogP contribution < -0.4 is 18.9 Å². The van der Waals surface area contributed by atoms with Crippen molar-refractivity contribution in [3.05, 3.63) is 36.4 Å². The highest BCUT2D eigenvalue weighted by Crippen LogP contribution is 2.38. The lowest BCUT2D eigenvalue weighted by Gasteiger charge is -2.30. The second-order valence-corrected chi connectivity index (χ2v) is 10.6. The van der Waals surface area contributed by atoms with Crippen LogP contribution >= 0.6 is 0 Å². The number of anilines is 1. The number of nitrogens with zero attached hydrogens (tertiary/aromatic N) is 4. The van der Waals surface area contributed by atoms with Crippen LogP contribution in [0, 0.1) is 5.92 Å². The van der Waals surface area contributed by atoms with Gasteiger partial charge in [-0.3, -0.25) is 9.29 Å². The van der Waals surface area contributed by atoms with Gasteiger partial charge in [0, 0.05) is 19.3 Å². The van der Waals surface area contributed by atoms with E-state index in [-0.39, 0.29) is 17.7 Å². The fraction of sp³-hybridized carbons (Fsp3) is 0.458. The number of benzene rings is 1. The van der Waals surface area contributed by atoms with E-state index in [0.29, 0.717) is 54.8 Å². The van der Waals surface area contributed by atoms with Gasteiger partial charge >= 0.3 is 0 Å². The second kappa shape index (κ2) is 11.3. The van der Waals surface area contributed by atoms with Crippen molar-refractivity contribution in [1.82, 2.24) is 19.7 Å². The maximum Gasteiger partial charge on any atom is 0.243 e. The van der Waals surface area contributed by atoms with E-state index in [4.69, 9.17) is 18.9 Å². The number of hydrogen-bond acceptors (Lipinski definition) is 10. The molecular formula is C24H31N5O7S. The van der Waals surface area contributed by atoms with Crippen LogP contribution in [0.25, 0.3) is 17.2 Å². The molecule has 12 nitrogen and oxygen atoms in total. The molecule has 200 valence electrons. The van der Waals surface area contributed by atoms with E-state index < -0.39 is 21.4 Å². The van der Waals surface area contributed by atoms with E-state index in [1.54, 1.807) is 36.4 Å². The van der Waals surface area contributed by atoms with Gasteiger partial charge in [0.25, 0.3) is 0 Å². The molecule has 2 aromatic heterocycles. The summed E-state index contributed by atoms with van der Waals surface area (Å²) < 4.78 is 52.6. The zero-order valence-corrected chi connectivity index (χ0v) is 21.9. The monoisotopic (exact) mass is 533 g/mol. The van der Waals surface area contributed by atoms with Crippen molar-refractivity contribution in [2.75, 3.05) is 39.3 Å². The van der Waals surface area contributed by atoms with Gasteiger partial charge < -0.3 is 24.1 Å². The molecule has 0 bridgehead atoms. The predicted molar refractivity (Wildman–Crippen MR) is 136 cm³/mol. The Balaban J connectivity index is 1.81. The van der Waals surface area contributed by atoms with Crippen molar-refractivity contribution >= 4 is 16.0 Å². The molecule has 0 unspecified atom stereocenters. The van der Waals surface area contributed by atoms with E-state index in [2.05, 4.69) is 19.9 Å². The summed E-state index contributed by atoms with van der Waals surface area (Å²) in [7, 11) is 0.363. The van der Waals surface area contributed by atoms with Gasteiger partial charge in [-0.05, 0) is 43.9 Å². The molecule has 1 aliphatic rings. The van der Waals surface area contributed by atoms with Gasteiger partial charge in [-0.15, -0.1) is 10.2 Å². The van der Waals surface area contributed by atoms with Crippen LogP contribution in [0.2, 0.25) is 0 Å². The number of rotatable bonds is 10. The van der Waals surface area contributed by atoms with Crippen LogP contribution in [0.5, 0.6) is 17.4 Å². The Kier molecular flexibility index (Phi) is 8.15. The molecule has 13 heteroatoms. The molecule has 1 saturated heterocycles. The van der Waals surface area contributed by atoms with Crippen LogP contribution in [0.1, 0.15) is 19.8 Å². The molecule has 2 N–H and O–H groups in total. The van der Waals surface area contributed by atoms with Crippen LogP contribution in [0.15, 0.2) is 36.4 Å². The summed E-state index contributed by atoms with van der Waals surface area (Å²) in [5.74, 6) is 1.03. The Morgan fingerprint density at radius 2 is 1.68 bits per heavy atom. The van der Waals surface area contributed by atoms with E-state index in [9.17, 15) is 13.5 Å². The molecule has 4 rings (SSSR count). The minimum absolute atomic E-state index is 0.117. The molecule has 0 spiro atoms. The number of methoxy groups -OCH3 is 3. The summed E-state index contributed by atoms with van der Waals surface area (Å²) >= 11 is 0. The summed E-state index contributed by atoms with van der Waals surface area (Å²) in [6.45, 7) is 2.44. The van der Waals surface area contributed by atoms with Gasteiger partial charge in [0.05, 0.1) is 27.4 Å².